The van der Waals surface area contributed by atoms with Crippen LogP contribution in [0.5, 0.6) is 5.75 Å². The molecular formula is C24H29FN4O4S. The molecule has 2 aliphatic rings. The van der Waals surface area contributed by atoms with Crippen molar-refractivity contribution in [3.63, 3.8) is 0 Å². The van der Waals surface area contributed by atoms with E-state index in [4.69, 9.17) is 14.7 Å². The van der Waals surface area contributed by atoms with Crippen LogP contribution in [0.25, 0.3) is 0 Å². The van der Waals surface area contributed by atoms with E-state index < -0.39 is 15.8 Å². The second kappa shape index (κ2) is 11.3. The standard InChI is InChI=1S/C24H29FN4O4S/c25-20-4-8-24(9-5-20)34(30,31)27-10-12-29-17-22-15-28(16-23(18-29)33-22)11-1-13-32-21-6-2-19(14-26)3-7-21/h2-9,22-23,27H,1,10-13,15-18H2. The topological polar surface area (TPSA) is 94.9 Å². The molecule has 8 nitrogen and oxygen atoms in total. The molecule has 0 radical (unpaired) electrons. The lowest BCUT2D eigenvalue weighted by Crippen LogP contribution is -2.60. The molecule has 0 aromatic heterocycles. The first-order valence-corrected chi connectivity index (χ1v) is 12.9. The number of nitrogens with one attached hydrogen (secondary N) is 1. The van der Waals surface area contributed by atoms with Crippen molar-refractivity contribution in [1.82, 2.24) is 14.5 Å². The summed E-state index contributed by atoms with van der Waals surface area (Å²) in [6, 6.07) is 14.0. The number of morpholine rings is 2. The van der Waals surface area contributed by atoms with Crippen molar-refractivity contribution in [2.75, 3.05) is 52.4 Å². The van der Waals surface area contributed by atoms with E-state index in [-0.39, 0.29) is 23.6 Å². The van der Waals surface area contributed by atoms with Crippen LogP contribution in [-0.2, 0) is 14.8 Å². The van der Waals surface area contributed by atoms with Crippen LogP contribution in [-0.4, -0.2) is 82.8 Å². The van der Waals surface area contributed by atoms with Crippen LogP contribution >= 0.6 is 0 Å². The van der Waals surface area contributed by atoms with Crippen LogP contribution in [0.2, 0.25) is 0 Å². The van der Waals surface area contributed by atoms with Crippen LogP contribution in [0.4, 0.5) is 4.39 Å². The lowest BCUT2D eigenvalue weighted by molar-refractivity contribution is -0.138. The monoisotopic (exact) mass is 488 g/mol. The fraction of sp³-hybridized carbons (Fsp3) is 0.458. The minimum absolute atomic E-state index is 0.0616. The highest BCUT2D eigenvalue weighted by molar-refractivity contribution is 7.89. The van der Waals surface area contributed by atoms with Crippen LogP contribution in [0.3, 0.4) is 0 Å². The Bertz CT molecular complexity index is 1080. The van der Waals surface area contributed by atoms with Gasteiger partial charge in [-0.05, 0) is 55.0 Å². The van der Waals surface area contributed by atoms with Crippen molar-refractivity contribution >= 4 is 10.0 Å². The number of hydrogen-bond acceptors (Lipinski definition) is 7. The van der Waals surface area contributed by atoms with Gasteiger partial charge in [-0.25, -0.2) is 17.5 Å². The summed E-state index contributed by atoms with van der Waals surface area (Å²) in [5, 5.41) is 8.85. The van der Waals surface area contributed by atoms with E-state index in [0.29, 0.717) is 18.7 Å². The number of fused-ring (bicyclic) bond motifs is 2. The molecule has 4 rings (SSSR count). The van der Waals surface area contributed by atoms with Crippen molar-refractivity contribution in [2.45, 2.75) is 23.5 Å². The van der Waals surface area contributed by atoms with Gasteiger partial charge in [0.25, 0.3) is 0 Å². The Morgan fingerprint density at radius 3 is 2.24 bits per heavy atom. The van der Waals surface area contributed by atoms with Crippen LogP contribution in [0.1, 0.15) is 12.0 Å². The molecule has 2 bridgehead atoms. The molecule has 2 aromatic rings. The molecule has 0 aliphatic carbocycles. The molecule has 2 aliphatic heterocycles. The third-order valence-electron chi connectivity index (χ3n) is 5.95. The molecule has 0 saturated carbocycles. The first-order chi connectivity index (χ1) is 16.4. The van der Waals surface area contributed by atoms with Gasteiger partial charge in [-0.15, -0.1) is 0 Å². The second-order valence-electron chi connectivity index (χ2n) is 8.59. The largest absolute Gasteiger partial charge is 0.494 e. The smallest absolute Gasteiger partial charge is 0.240 e. The lowest BCUT2D eigenvalue weighted by Gasteiger charge is -2.45. The zero-order valence-electron chi connectivity index (χ0n) is 18.9. The quantitative estimate of drug-likeness (QED) is 0.510. The molecule has 2 heterocycles. The minimum atomic E-state index is -3.65. The van der Waals surface area contributed by atoms with Crippen LogP contribution in [0.15, 0.2) is 53.4 Å². The molecule has 0 amide bonds. The number of hydrogen-bond donors (Lipinski definition) is 1. The SMILES string of the molecule is N#Cc1ccc(OCCCN2CC3CN(CCNS(=O)(=O)c4ccc(F)cc4)CC(C2)O3)cc1. The van der Waals surface area contributed by atoms with E-state index in [1.165, 1.54) is 12.1 Å². The molecule has 10 heteroatoms. The van der Waals surface area contributed by atoms with Crippen molar-refractivity contribution in [3.05, 3.63) is 59.9 Å². The van der Waals surface area contributed by atoms with Crippen LogP contribution < -0.4 is 9.46 Å². The summed E-state index contributed by atoms with van der Waals surface area (Å²) in [4.78, 5) is 4.69. The molecule has 0 spiro atoms. The number of rotatable bonds is 10. The summed E-state index contributed by atoms with van der Waals surface area (Å²) < 4.78 is 52.2. The van der Waals surface area contributed by atoms with E-state index in [0.717, 1.165) is 57.0 Å². The van der Waals surface area contributed by atoms with Gasteiger partial charge in [0.05, 0.1) is 35.3 Å². The summed E-state index contributed by atoms with van der Waals surface area (Å²) in [6.07, 6.45) is 1.09. The van der Waals surface area contributed by atoms with E-state index >= 15 is 0 Å². The maximum absolute atomic E-state index is 13.0. The highest BCUT2D eigenvalue weighted by atomic mass is 32.2. The van der Waals surface area contributed by atoms with Crippen molar-refractivity contribution in [1.29, 1.82) is 5.26 Å². The molecule has 1 N–H and O–H groups in total. The molecule has 182 valence electrons. The molecule has 2 unspecified atom stereocenters. The Balaban J connectivity index is 1.15. The molecule has 2 atom stereocenters. The predicted molar refractivity (Wildman–Crippen MR) is 124 cm³/mol. The van der Waals surface area contributed by atoms with E-state index in [1.54, 1.807) is 12.1 Å². The lowest BCUT2D eigenvalue weighted by atomic mass is 10.1. The normalized spacial score (nSPS) is 21.2. The third-order valence-corrected chi connectivity index (χ3v) is 7.42. The number of sulfonamides is 1. The van der Waals surface area contributed by atoms with Gasteiger partial charge >= 0.3 is 0 Å². The first-order valence-electron chi connectivity index (χ1n) is 11.4. The molecule has 2 saturated heterocycles. The Labute approximate surface area is 199 Å². The number of nitriles is 1. The van der Waals surface area contributed by atoms with Gasteiger partial charge in [0.15, 0.2) is 0 Å². The Morgan fingerprint density at radius 2 is 1.62 bits per heavy atom. The summed E-state index contributed by atoms with van der Waals surface area (Å²) in [6.45, 7) is 5.60. The fourth-order valence-corrected chi connectivity index (χ4v) is 5.39. The maximum Gasteiger partial charge on any atom is 0.240 e. The van der Waals surface area contributed by atoms with Crippen LogP contribution in [0, 0.1) is 17.1 Å². The zero-order valence-corrected chi connectivity index (χ0v) is 19.7. The third kappa shape index (κ3) is 6.74. The van der Waals surface area contributed by atoms with Gasteiger partial charge < -0.3 is 9.47 Å². The van der Waals surface area contributed by atoms with Gasteiger partial charge in [0.1, 0.15) is 11.6 Å². The van der Waals surface area contributed by atoms with Crippen molar-refractivity contribution in [3.8, 4) is 11.8 Å². The van der Waals surface area contributed by atoms with Gasteiger partial charge in [0, 0.05) is 45.8 Å². The Morgan fingerprint density at radius 1 is 1.00 bits per heavy atom. The highest BCUT2D eigenvalue weighted by Crippen LogP contribution is 2.19. The summed E-state index contributed by atoms with van der Waals surface area (Å²) in [7, 11) is -3.65. The molecule has 34 heavy (non-hydrogen) atoms. The van der Waals surface area contributed by atoms with E-state index in [9.17, 15) is 12.8 Å². The van der Waals surface area contributed by atoms with Gasteiger partial charge in [-0.3, -0.25) is 9.80 Å². The Hall–Kier alpha value is -2.55. The minimum Gasteiger partial charge on any atom is -0.494 e. The average Bonchev–Trinajstić information content (AvgIpc) is 2.82. The summed E-state index contributed by atoms with van der Waals surface area (Å²) in [5.41, 5.74) is 0.617. The summed E-state index contributed by atoms with van der Waals surface area (Å²) >= 11 is 0. The van der Waals surface area contributed by atoms with E-state index in [1.807, 2.05) is 12.1 Å². The van der Waals surface area contributed by atoms with Crippen molar-refractivity contribution in [2.24, 2.45) is 0 Å². The van der Waals surface area contributed by atoms with E-state index in [2.05, 4.69) is 20.6 Å². The molecular weight excluding hydrogens is 459 g/mol. The average molecular weight is 489 g/mol. The number of benzene rings is 2. The molecule has 2 fully saturated rings. The number of halogens is 1. The molecule has 2 aromatic carbocycles. The highest BCUT2D eigenvalue weighted by Gasteiger charge is 2.34. The number of ether oxygens (including phenoxy) is 2. The second-order valence-corrected chi connectivity index (χ2v) is 10.4. The Kier molecular flexibility index (Phi) is 8.13. The zero-order chi connectivity index (χ0) is 24.0. The van der Waals surface area contributed by atoms with Crippen molar-refractivity contribution < 1.29 is 22.3 Å². The first kappa shape index (κ1) is 24.6. The van der Waals surface area contributed by atoms with Gasteiger partial charge in [-0.1, -0.05) is 0 Å². The summed E-state index contributed by atoms with van der Waals surface area (Å²) in [5.74, 6) is 0.301. The van der Waals surface area contributed by atoms with Gasteiger partial charge in [0.2, 0.25) is 10.0 Å². The fourth-order valence-electron chi connectivity index (χ4n) is 4.36. The maximum atomic E-state index is 13.0. The van der Waals surface area contributed by atoms with Gasteiger partial charge in [-0.2, -0.15) is 5.26 Å². The number of nitrogens with zero attached hydrogens (tertiary/aromatic N) is 3. The predicted octanol–water partition coefficient (Wildman–Crippen LogP) is 1.83.